The Bertz CT molecular complexity index is 1300. The van der Waals surface area contributed by atoms with Crippen LogP contribution in [0, 0.1) is 13.8 Å². The van der Waals surface area contributed by atoms with Crippen LogP contribution in [0.3, 0.4) is 0 Å². The van der Waals surface area contributed by atoms with Crippen LogP contribution < -0.4 is 9.21 Å². The summed E-state index contributed by atoms with van der Waals surface area (Å²) in [7, 11) is 0. The number of carbonyl (C=O) groups excluding carboxylic acids is 2. The molecule has 8 heteroatoms. The number of anilines is 2. The lowest BCUT2D eigenvalue weighted by atomic mass is 9.98. The molecule has 3 aromatic rings. The summed E-state index contributed by atoms with van der Waals surface area (Å²) in [5.74, 6) is -0.518. The molecule has 3 aromatic carbocycles. The summed E-state index contributed by atoms with van der Waals surface area (Å²) in [4.78, 5) is 27.2. The van der Waals surface area contributed by atoms with E-state index in [0.717, 1.165) is 27.8 Å². The van der Waals surface area contributed by atoms with E-state index in [2.05, 4.69) is 6.07 Å². The molecule has 1 aliphatic heterocycles. The predicted octanol–water partition coefficient (Wildman–Crippen LogP) is 4.94. The Morgan fingerprint density at radius 3 is 2.46 bits per heavy atom. The molecular weight excluding hydrogens is 464 g/mol. The number of carbonyl (C=O) groups is 2. The van der Waals surface area contributed by atoms with Crippen LogP contribution in [0.4, 0.5) is 11.4 Å². The van der Waals surface area contributed by atoms with Crippen LogP contribution in [-0.2, 0) is 27.2 Å². The zero-order chi connectivity index (χ0) is 25.3. The molecule has 0 radical (unpaired) electrons. The molecule has 35 heavy (non-hydrogen) atoms. The van der Waals surface area contributed by atoms with Crippen molar-refractivity contribution in [3.05, 3.63) is 70.8 Å². The van der Waals surface area contributed by atoms with Crippen molar-refractivity contribution in [3.8, 4) is 0 Å². The normalized spacial score (nSPS) is 14.3. The highest BCUT2D eigenvalue weighted by molar-refractivity contribution is 7.80. The number of aryl methyl sites for hydroxylation is 2. The van der Waals surface area contributed by atoms with E-state index in [0.29, 0.717) is 29.6 Å². The Hall–Kier alpha value is -3.23. The van der Waals surface area contributed by atoms with E-state index in [1.165, 1.54) is 4.31 Å². The van der Waals surface area contributed by atoms with E-state index < -0.39 is 23.3 Å². The number of benzene rings is 3. The third kappa shape index (κ3) is 4.81. The Morgan fingerprint density at radius 2 is 1.83 bits per heavy atom. The smallest absolute Gasteiger partial charge is 0.307 e. The molecule has 0 bridgehead atoms. The Balaban J connectivity index is 1.85. The van der Waals surface area contributed by atoms with E-state index in [1.54, 1.807) is 30.0 Å². The first-order chi connectivity index (χ1) is 16.7. The minimum absolute atomic E-state index is 0.0594. The van der Waals surface area contributed by atoms with Crippen LogP contribution in [0.1, 0.15) is 47.3 Å². The highest BCUT2D eigenvalue weighted by atomic mass is 32.2. The van der Waals surface area contributed by atoms with Gasteiger partial charge in [-0.3, -0.25) is 18.4 Å². The molecule has 0 aliphatic carbocycles. The molecule has 0 saturated carbocycles. The van der Waals surface area contributed by atoms with Crippen molar-refractivity contribution in [1.82, 2.24) is 0 Å². The first-order valence-corrected chi connectivity index (χ1v) is 12.8. The molecule has 0 spiro atoms. The first-order valence-electron chi connectivity index (χ1n) is 11.8. The molecule has 0 aromatic heterocycles. The second-order valence-electron chi connectivity index (χ2n) is 8.80. The van der Waals surface area contributed by atoms with Crippen LogP contribution in [0.25, 0.3) is 10.8 Å². The van der Waals surface area contributed by atoms with Gasteiger partial charge in [0.25, 0.3) is 17.2 Å². The Morgan fingerprint density at radius 1 is 1.11 bits per heavy atom. The van der Waals surface area contributed by atoms with Crippen LogP contribution in [0.15, 0.2) is 48.5 Å². The van der Waals surface area contributed by atoms with E-state index in [-0.39, 0.29) is 18.9 Å². The second-order valence-corrected chi connectivity index (χ2v) is 9.66. The van der Waals surface area contributed by atoms with Gasteiger partial charge >= 0.3 is 5.97 Å². The van der Waals surface area contributed by atoms with Gasteiger partial charge in [0.15, 0.2) is 0 Å². The fourth-order valence-electron chi connectivity index (χ4n) is 5.05. The van der Waals surface area contributed by atoms with Crippen molar-refractivity contribution in [3.63, 3.8) is 0 Å². The van der Waals surface area contributed by atoms with E-state index in [9.17, 15) is 18.4 Å². The van der Waals surface area contributed by atoms with Crippen molar-refractivity contribution in [2.45, 2.75) is 46.6 Å². The Kier molecular flexibility index (Phi) is 7.23. The predicted molar refractivity (Wildman–Crippen MR) is 139 cm³/mol. The molecule has 0 fully saturated rings. The zero-order valence-corrected chi connectivity index (χ0v) is 21.2. The molecule has 0 saturated heterocycles. The standard InChI is InChI=1S/C27H30N2O5S/c1-5-28-24-11-10-23(21-8-7-9-22(26(21)24)27(28)31)29(35(32)33)20(16-25(30)34-6-2)15-19-13-17(3)12-18(4)14-19/h7-14,20H,5-6,15-16H2,1-4H3,(H,32,33). The van der Waals surface area contributed by atoms with Gasteiger partial charge in [-0.2, -0.15) is 0 Å². The summed E-state index contributed by atoms with van der Waals surface area (Å²) in [5.41, 5.74) is 4.97. The van der Waals surface area contributed by atoms with Crippen molar-refractivity contribution < 1.29 is 23.1 Å². The van der Waals surface area contributed by atoms with Crippen molar-refractivity contribution in [2.75, 3.05) is 22.4 Å². The highest BCUT2D eigenvalue weighted by Gasteiger charge is 2.33. The summed E-state index contributed by atoms with van der Waals surface area (Å²) in [6, 6.07) is 14.4. The van der Waals surface area contributed by atoms with E-state index in [1.807, 2.05) is 45.0 Å². The summed E-state index contributed by atoms with van der Waals surface area (Å²) in [5, 5.41) is 1.45. The summed E-state index contributed by atoms with van der Waals surface area (Å²) >= 11 is -2.43. The van der Waals surface area contributed by atoms with Crippen molar-refractivity contribution in [2.24, 2.45) is 0 Å². The number of nitrogens with zero attached hydrogens (tertiary/aromatic N) is 2. The molecule has 2 atom stereocenters. The lowest BCUT2D eigenvalue weighted by molar-refractivity contribution is -0.143. The zero-order valence-electron chi connectivity index (χ0n) is 20.4. The molecular formula is C27H30N2O5S. The van der Waals surface area contributed by atoms with Crippen molar-refractivity contribution in [1.29, 1.82) is 0 Å². The molecule has 1 N–H and O–H groups in total. The van der Waals surface area contributed by atoms with Crippen LogP contribution in [-0.4, -0.2) is 39.8 Å². The van der Waals surface area contributed by atoms with Gasteiger partial charge < -0.3 is 9.64 Å². The van der Waals surface area contributed by atoms with Gasteiger partial charge in [0.2, 0.25) is 0 Å². The maximum atomic E-state index is 12.9. The fourth-order valence-corrected chi connectivity index (χ4v) is 5.79. The summed E-state index contributed by atoms with van der Waals surface area (Å²) in [6.07, 6.45) is 0.312. The number of rotatable bonds is 9. The monoisotopic (exact) mass is 494 g/mol. The van der Waals surface area contributed by atoms with Gasteiger partial charge in [-0.15, -0.1) is 0 Å². The van der Waals surface area contributed by atoms with Gasteiger partial charge in [-0.05, 0) is 57.9 Å². The number of hydrogen-bond acceptors (Lipinski definition) is 4. The van der Waals surface area contributed by atoms with Crippen LogP contribution in [0.2, 0.25) is 0 Å². The summed E-state index contributed by atoms with van der Waals surface area (Å²) < 4.78 is 29.9. The molecule has 1 aliphatic rings. The number of amides is 1. The Labute approximate surface area is 208 Å². The van der Waals surface area contributed by atoms with Gasteiger partial charge in [0.05, 0.1) is 30.4 Å². The quantitative estimate of drug-likeness (QED) is 0.336. The second kappa shape index (κ2) is 10.2. The number of esters is 1. The van der Waals surface area contributed by atoms with Gasteiger partial charge in [-0.25, -0.2) is 4.21 Å². The molecule has 7 nitrogen and oxygen atoms in total. The molecule has 1 heterocycles. The maximum Gasteiger partial charge on any atom is 0.307 e. The molecule has 184 valence electrons. The molecule has 1 amide bonds. The number of ether oxygens (including phenoxy) is 1. The SMILES string of the molecule is CCOC(=O)CC(Cc1cc(C)cc(C)c1)N(c1ccc2c3c(cccc13)C(=O)N2CC)S(=O)O. The van der Waals surface area contributed by atoms with E-state index >= 15 is 0 Å². The fraction of sp³-hybridized carbons (Fsp3) is 0.333. The third-order valence-corrected chi connectivity index (χ3v) is 7.11. The van der Waals surface area contributed by atoms with Crippen LogP contribution in [0.5, 0.6) is 0 Å². The molecule has 4 rings (SSSR count). The highest BCUT2D eigenvalue weighted by Crippen LogP contribution is 2.42. The maximum absolute atomic E-state index is 12.9. The van der Waals surface area contributed by atoms with E-state index in [4.69, 9.17) is 4.74 Å². The van der Waals surface area contributed by atoms with Crippen molar-refractivity contribution >= 4 is 45.3 Å². The van der Waals surface area contributed by atoms with Crippen LogP contribution >= 0.6 is 0 Å². The third-order valence-electron chi connectivity index (χ3n) is 6.28. The van der Waals surface area contributed by atoms with Gasteiger partial charge in [0.1, 0.15) is 0 Å². The minimum atomic E-state index is -2.43. The summed E-state index contributed by atoms with van der Waals surface area (Å²) in [6.45, 7) is 8.40. The average Bonchev–Trinajstić information content (AvgIpc) is 3.07. The minimum Gasteiger partial charge on any atom is -0.466 e. The van der Waals surface area contributed by atoms with Gasteiger partial charge in [-0.1, -0.05) is 41.5 Å². The topological polar surface area (TPSA) is 87.2 Å². The first kappa shape index (κ1) is 24.9. The average molecular weight is 495 g/mol. The number of hydrogen-bond donors (Lipinski definition) is 1. The van der Waals surface area contributed by atoms with Gasteiger partial charge in [0, 0.05) is 22.9 Å². The lowest BCUT2D eigenvalue weighted by Crippen LogP contribution is -2.40. The largest absolute Gasteiger partial charge is 0.466 e. The molecule has 2 unspecified atom stereocenters. The lowest BCUT2D eigenvalue weighted by Gasteiger charge is -2.31.